The van der Waals surface area contributed by atoms with Crippen molar-refractivity contribution in [1.82, 2.24) is 4.90 Å². The molecule has 1 fully saturated rings. The van der Waals surface area contributed by atoms with Gasteiger partial charge in [-0.1, -0.05) is 0 Å². The molecular formula is C18H28N2O3S. The number of amides is 1. The van der Waals surface area contributed by atoms with Crippen molar-refractivity contribution in [3.05, 3.63) is 18.2 Å². The average molecular weight is 353 g/mol. The minimum atomic E-state index is 0.154. The Morgan fingerprint density at radius 1 is 1.38 bits per heavy atom. The van der Waals surface area contributed by atoms with Crippen LogP contribution in [0.25, 0.3) is 0 Å². The third-order valence-electron chi connectivity index (χ3n) is 4.49. The second-order valence-electron chi connectivity index (χ2n) is 6.22. The van der Waals surface area contributed by atoms with Crippen LogP contribution >= 0.6 is 11.8 Å². The van der Waals surface area contributed by atoms with Gasteiger partial charge in [0.2, 0.25) is 5.91 Å². The highest BCUT2D eigenvalue weighted by atomic mass is 32.2. The Balaban J connectivity index is 1.82. The zero-order chi connectivity index (χ0) is 17.5. The Morgan fingerprint density at radius 2 is 2.12 bits per heavy atom. The third-order valence-corrected chi connectivity index (χ3v) is 5.49. The smallest absolute Gasteiger partial charge is 0.223 e. The lowest BCUT2D eigenvalue weighted by molar-refractivity contribution is -0.132. The fourth-order valence-electron chi connectivity index (χ4n) is 2.99. The van der Waals surface area contributed by atoms with Gasteiger partial charge in [0.05, 0.1) is 14.2 Å². The predicted molar refractivity (Wildman–Crippen MR) is 97.8 cm³/mol. The Bertz CT molecular complexity index is 551. The number of methoxy groups -OCH3 is 2. The lowest BCUT2D eigenvalue weighted by Gasteiger charge is -2.34. The first-order valence-corrected chi connectivity index (χ1v) is 9.42. The van der Waals surface area contributed by atoms with E-state index in [9.17, 15) is 4.79 Å². The summed E-state index contributed by atoms with van der Waals surface area (Å²) in [6, 6.07) is 5.98. The Kier molecular flexibility index (Phi) is 7.24. The minimum Gasteiger partial charge on any atom is -0.493 e. The summed E-state index contributed by atoms with van der Waals surface area (Å²) in [4.78, 5) is 15.5. The van der Waals surface area contributed by atoms with E-state index >= 15 is 0 Å². The van der Waals surface area contributed by atoms with Crippen LogP contribution in [0.2, 0.25) is 0 Å². The van der Waals surface area contributed by atoms with Gasteiger partial charge in [-0.25, -0.2) is 0 Å². The molecule has 1 heterocycles. The quantitative estimate of drug-likeness (QED) is 0.765. The van der Waals surface area contributed by atoms with Gasteiger partial charge < -0.3 is 20.1 Å². The van der Waals surface area contributed by atoms with E-state index in [1.807, 2.05) is 30.0 Å². The van der Waals surface area contributed by atoms with Gasteiger partial charge in [-0.05, 0) is 43.9 Å². The molecule has 1 amide bonds. The fraction of sp³-hybridized carbons (Fsp3) is 0.611. The molecule has 134 valence electrons. The summed E-state index contributed by atoms with van der Waals surface area (Å²) in [5, 5.41) is 0. The summed E-state index contributed by atoms with van der Waals surface area (Å²) in [5.74, 6) is 2.85. The van der Waals surface area contributed by atoms with Gasteiger partial charge in [0, 0.05) is 36.2 Å². The Morgan fingerprint density at radius 3 is 2.79 bits per heavy atom. The first kappa shape index (κ1) is 18.9. The van der Waals surface area contributed by atoms with Crippen LogP contribution in [0, 0.1) is 5.92 Å². The molecular weight excluding hydrogens is 324 g/mol. The van der Waals surface area contributed by atoms with E-state index in [0.29, 0.717) is 23.8 Å². The Hall–Kier alpha value is -1.40. The summed E-state index contributed by atoms with van der Waals surface area (Å²) in [6.07, 6.45) is 2.73. The van der Waals surface area contributed by atoms with Crippen molar-refractivity contribution >= 4 is 17.7 Å². The molecule has 0 radical (unpaired) electrons. The molecule has 0 aromatic heterocycles. The topological polar surface area (TPSA) is 64.8 Å². The van der Waals surface area contributed by atoms with E-state index in [2.05, 4.69) is 0 Å². The summed E-state index contributed by atoms with van der Waals surface area (Å²) in [7, 11) is 3.25. The normalized spacial score (nSPS) is 19.0. The highest BCUT2D eigenvalue weighted by molar-refractivity contribution is 7.99. The maximum Gasteiger partial charge on any atom is 0.223 e. The van der Waals surface area contributed by atoms with Gasteiger partial charge in [0.15, 0.2) is 11.5 Å². The standard InChI is InChI=1S/C18H28N2O3S/c1-13(19)14-5-4-9-20(12-14)18(21)8-10-24-15-6-7-16(22-2)17(11-15)23-3/h6-7,11,13-14H,4-5,8-10,12,19H2,1-3H3. The number of ether oxygens (including phenoxy) is 2. The van der Waals surface area contributed by atoms with Crippen LogP contribution in [-0.4, -0.2) is 49.9 Å². The zero-order valence-corrected chi connectivity index (χ0v) is 15.6. The SMILES string of the molecule is COc1ccc(SCCC(=O)N2CCCC(C(C)N)C2)cc1OC. The van der Waals surface area contributed by atoms with Crippen molar-refractivity contribution in [2.45, 2.75) is 37.1 Å². The molecule has 1 aromatic carbocycles. The van der Waals surface area contributed by atoms with Crippen LogP contribution in [0.5, 0.6) is 11.5 Å². The molecule has 0 spiro atoms. The monoisotopic (exact) mass is 352 g/mol. The zero-order valence-electron chi connectivity index (χ0n) is 14.8. The van der Waals surface area contributed by atoms with E-state index in [1.54, 1.807) is 26.0 Å². The number of hydrogen-bond donors (Lipinski definition) is 1. The van der Waals surface area contributed by atoms with E-state index in [-0.39, 0.29) is 11.9 Å². The predicted octanol–water partition coefficient (Wildman–Crippen LogP) is 2.77. The lowest BCUT2D eigenvalue weighted by Crippen LogP contribution is -2.45. The van der Waals surface area contributed by atoms with Gasteiger partial charge in [-0.2, -0.15) is 0 Å². The largest absolute Gasteiger partial charge is 0.493 e. The molecule has 24 heavy (non-hydrogen) atoms. The number of thioether (sulfide) groups is 1. The molecule has 5 nitrogen and oxygen atoms in total. The number of likely N-dealkylation sites (tertiary alicyclic amines) is 1. The number of hydrogen-bond acceptors (Lipinski definition) is 5. The van der Waals surface area contributed by atoms with Gasteiger partial charge in [-0.15, -0.1) is 11.8 Å². The van der Waals surface area contributed by atoms with E-state index < -0.39 is 0 Å². The van der Waals surface area contributed by atoms with Crippen molar-refractivity contribution in [2.75, 3.05) is 33.1 Å². The fourth-order valence-corrected chi connectivity index (χ4v) is 3.85. The number of carbonyl (C=O) groups is 1. The van der Waals surface area contributed by atoms with Crippen molar-refractivity contribution in [1.29, 1.82) is 0 Å². The summed E-state index contributed by atoms with van der Waals surface area (Å²) in [5.41, 5.74) is 5.99. The van der Waals surface area contributed by atoms with Crippen LogP contribution in [0.1, 0.15) is 26.2 Å². The number of piperidine rings is 1. The average Bonchev–Trinajstić information content (AvgIpc) is 2.61. The van der Waals surface area contributed by atoms with Gasteiger partial charge in [-0.3, -0.25) is 4.79 Å². The van der Waals surface area contributed by atoms with Crippen molar-refractivity contribution in [3.8, 4) is 11.5 Å². The number of nitrogens with two attached hydrogens (primary N) is 1. The molecule has 1 aromatic rings. The summed E-state index contributed by atoms with van der Waals surface area (Å²) < 4.78 is 10.5. The molecule has 1 saturated heterocycles. The van der Waals surface area contributed by atoms with Gasteiger partial charge >= 0.3 is 0 Å². The van der Waals surface area contributed by atoms with E-state index in [4.69, 9.17) is 15.2 Å². The highest BCUT2D eigenvalue weighted by Crippen LogP contribution is 2.32. The molecule has 0 aliphatic carbocycles. The van der Waals surface area contributed by atoms with Gasteiger partial charge in [0.1, 0.15) is 0 Å². The van der Waals surface area contributed by atoms with Crippen molar-refractivity contribution < 1.29 is 14.3 Å². The van der Waals surface area contributed by atoms with Crippen LogP contribution in [0.15, 0.2) is 23.1 Å². The maximum atomic E-state index is 12.4. The number of carbonyl (C=O) groups excluding carboxylic acids is 1. The molecule has 1 aliphatic rings. The first-order valence-electron chi connectivity index (χ1n) is 8.43. The number of benzene rings is 1. The molecule has 0 bridgehead atoms. The molecule has 2 atom stereocenters. The van der Waals surface area contributed by atoms with E-state index in [0.717, 1.165) is 36.6 Å². The van der Waals surface area contributed by atoms with Crippen LogP contribution in [0.3, 0.4) is 0 Å². The first-order chi connectivity index (χ1) is 11.5. The second-order valence-corrected chi connectivity index (χ2v) is 7.38. The summed E-state index contributed by atoms with van der Waals surface area (Å²) in [6.45, 7) is 3.70. The van der Waals surface area contributed by atoms with Crippen LogP contribution < -0.4 is 15.2 Å². The molecule has 2 unspecified atom stereocenters. The molecule has 2 rings (SSSR count). The summed E-state index contributed by atoms with van der Waals surface area (Å²) >= 11 is 1.66. The molecule has 0 saturated carbocycles. The third kappa shape index (κ3) is 5.05. The highest BCUT2D eigenvalue weighted by Gasteiger charge is 2.25. The van der Waals surface area contributed by atoms with Crippen molar-refractivity contribution in [2.24, 2.45) is 11.7 Å². The Labute approximate surface area is 148 Å². The van der Waals surface area contributed by atoms with Crippen molar-refractivity contribution in [3.63, 3.8) is 0 Å². The molecule has 2 N–H and O–H groups in total. The number of nitrogens with zero attached hydrogens (tertiary/aromatic N) is 1. The van der Waals surface area contributed by atoms with Gasteiger partial charge in [0.25, 0.3) is 0 Å². The minimum absolute atomic E-state index is 0.154. The van der Waals surface area contributed by atoms with Crippen LogP contribution in [0.4, 0.5) is 0 Å². The molecule has 1 aliphatic heterocycles. The van der Waals surface area contributed by atoms with Crippen LogP contribution in [-0.2, 0) is 4.79 Å². The lowest BCUT2D eigenvalue weighted by atomic mass is 9.92. The molecule has 6 heteroatoms. The number of rotatable bonds is 7. The second kappa shape index (κ2) is 9.18. The maximum absolute atomic E-state index is 12.4. The van der Waals surface area contributed by atoms with E-state index in [1.165, 1.54) is 0 Å².